The molecule has 96 valence electrons. The van der Waals surface area contributed by atoms with Crippen LogP contribution >= 0.6 is 0 Å². The molecule has 0 aliphatic carbocycles. The SMILES string of the molecule is CCCOc1ccccc1NCc1nc[nH]c1C. The number of nitrogens with zero attached hydrogens (tertiary/aromatic N) is 1. The lowest BCUT2D eigenvalue weighted by Gasteiger charge is -2.12. The van der Waals surface area contributed by atoms with E-state index in [1.54, 1.807) is 6.33 Å². The predicted octanol–water partition coefficient (Wildman–Crippen LogP) is 3.12. The Kier molecular flexibility index (Phi) is 4.23. The van der Waals surface area contributed by atoms with E-state index in [0.717, 1.165) is 35.9 Å². The van der Waals surface area contributed by atoms with E-state index >= 15 is 0 Å². The number of hydrogen-bond acceptors (Lipinski definition) is 3. The Hall–Kier alpha value is -1.97. The molecule has 2 rings (SSSR count). The van der Waals surface area contributed by atoms with E-state index in [-0.39, 0.29) is 0 Å². The van der Waals surface area contributed by atoms with Gasteiger partial charge in [-0.05, 0) is 25.5 Å². The Morgan fingerprint density at radius 2 is 2.17 bits per heavy atom. The molecule has 0 fully saturated rings. The lowest BCUT2D eigenvalue weighted by Crippen LogP contribution is -2.04. The zero-order valence-electron chi connectivity index (χ0n) is 10.9. The standard InChI is InChI=1S/C14H19N3O/c1-3-8-18-14-7-5-4-6-12(14)15-9-13-11(2)16-10-17-13/h4-7,10,15H,3,8-9H2,1-2H3,(H,16,17). The second-order valence-corrected chi connectivity index (χ2v) is 4.17. The average molecular weight is 245 g/mol. The minimum atomic E-state index is 0.696. The van der Waals surface area contributed by atoms with E-state index in [2.05, 4.69) is 22.2 Å². The highest BCUT2D eigenvalue weighted by atomic mass is 16.5. The van der Waals surface area contributed by atoms with Crippen LogP contribution < -0.4 is 10.1 Å². The number of nitrogens with one attached hydrogen (secondary N) is 2. The van der Waals surface area contributed by atoms with E-state index in [1.165, 1.54) is 0 Å². The first-order chi connectivity index (χ1) is 8.81. The molecule has 0 aliphatic heterocycles. The molecule has 0 amide bonds. The Morgan fingerprint density at radius 1 is 1.33 bits per heavy atom. The summed E-state index contributed by atoms with van der Waals surface area (Å²) in [6.45, 7) is 5.55. The minimum absolute atomic E-state index is 0.696. The van der Waals surface area contributed by atoms with Crippen LogP contribution in [0.5, 0.6) is 5.75 Å². The molecule has 0 radical (unpaired) electrons. The van der Waals surface area contributed by atoms with Crippen molar-refractivity contribution in [1.82, 2.24) is 9.97 Å². The van der Waals surface area contributed by atoms with Crippen molar-refractivity contribution in [3.05, 3.63) is 42.0 Å². The van der Waals surface area contributed by atoms with Crippen LogP contribution in [0.1, 0.15) is 24.7 Å². The Morgan fingerprint density at radius 3 is 2.89 bits per heavy atom. The van der Waals surface area contributed by atoms with E-state index in [9.17, 15) is 0 Å². The third-order valence-electron chi connectivity index (χ3n) is 2.73. The number of para-hydroxylation sites is 2. The fourth-order valence-corrected chi connectivity index (χ4v) is 1.69. The molecule has 4 nitrogen and oxygen atoms in total. The smallest absolute Gasteiger partial charge is 0.142 e. The number of aromatic nitrogens is 2. The molecule has 0 bridgehead atoms. The maximum absolute atomic E-state index is 5.70. The average Bonchev–Trinajstić information content (AvgIpc) is 2.80. The van der Waals surface area contributed by atoms with Crippen molar-refractivity contribution in [2.75, 3.05) is 11.9 Å². The number of hydrogen-bond donors (Lipinski definition) is 2. The zero-order valence-corrected chi connectivity index (χ0v) is 10.9. The highest BCUT2D eigenvalue weighted by Crippen LogP contribution is 2.24. The molecule has 2 aromatic rings. The number of rotatable bonds is 6. The number of imidazole rings is 1. The molecular weight excluding hydrogens is 226 g/mol. The first kappa shape index (κ1) is 12.5. The second kappa shape index (κ2) is 6.10. The molecule has 0 saturated heterocycles. The van der Waals surface area contributed by atoms with Gasteiger partial charge in [0.2, 0.25) is 0 Å². The van der Waals surface area contributed by atoms with E-state index in [0.29, 0.717) is 6.54 Å². The number of aryl methyl sites for hydroxylation is 1. The van der Waals surface area contributed by atoms with Gasteiger partial charge in [0, 0.05) is 5.69 Å². The van der Waals surface area contributed by atoms with Crippen LogP contribution in [-0.2, 0) is 6.54 Å². The van der Waals surface area contributed by atoms with Gasteiger partial charge >= 0.3 is 0 Å². The van der Waals surface area contributed by atoms with Gasteiger partial charge in [-0.3, -0.25) is 0 Å². The number of H-pyrrole nitrogens is 1. The molecule has 0 atom stereocenters. The Labute approximate surface area is 107 Å². The molecule has 1 heterocycles. The topological polar surface area (TPSA) is 49.9 Å². The van der Waals surface area contributed by atoms with E-state index in [1.807, 2.05) is 31.2 Å². The van der Waals surface area contributed by atoms with Crippen molar-refractivity contribution in [3.63, 3.8) is 0 Å². The Bertz CT molecular complexity index is 493. The first-order valence-corrected chi connectivity index (χ1v) is 6.25. The van der Waals surface area contributed by atoms with E-state index < -0.39 is 0 Å². The molecule has 0 saturated carbocycles. The zero-order chi connectivity index (χ0) is 12.8. The summed E-state index contributed by atoms with van der Waals surface area (Å²) >= 11 is 0. The van der Waals surface area contributed by atoms with Crippen LogP contribution in [0.4, 0.5) is 5.69 Å². The van der Waals surface area contributed by atoms with Gasteiger partial charge in [0.05, 0.1) is 30.9 Å². The third kappa shape index (κ3) is 3.03. The normalized spacial score (nSPS) is 10.3. The van der Waals surface area contributed by atoms with Crippen LogP contribution in [0.25, 0.3) is 0 Å². The highest BCUT2D eigenvalue weighted by molar-refractivity contribution is 5.56. The summed E-state index contributed by atoms with van der Waals surface area (Å²) in [6.07, 6.45) is 2.72. The molecule has 1 aromatic carbocycles. The number of aromatic amines is 1. The number of anilines is 1. The molecule has 0 spiro atoms. The van der Waals surface area contributed by atoms with Crippen LogP contribution in [-0.4, -0.2) is 16.6 Å². The monoisotopic (exact) mass is 245 g/mol. The minimum Gasteiger partial charge on any atom is -0.491 e. The van der Waals surface area contributed by atoms with Crippen molar-refractivity contribution >= 4 is 5.69 Å². The number of ether oxygens (including phenoxy) is 1. The maximum atomic E-state index is 5.70. The van der Waals surface area contributed by atoms with Gasteiger partial charge in [0.25, 0.3) is 0 Å². The number of benzene rings is 1. The van der Waals surface area contributed by atoms with Crippen molar-refractivity contribution in [1.29, 1.82) is 0 Å². The second-order valence-electron chi connectivity index (χ2n) is 4.17. The quantitative estimate of drug-likeness (QED) is 0.822. The van der Waals surface area contributed by atoms with Crippen molar-refractivity contribution < 1.29 is 4.74 Å². The van der Waals surface area contributed by atoms with Gasteiger partial charge in [-0.2, -0.15) is 0 Å². The lowest BCUT2D eigenvalue weighted by atomic mass is 10.2. The van der Waals surface area contributed by atoms with Gasteiger partial charge in [0.1, 0.15) is 5.75 Å². The van der Waals surface area contributed by atoms with Crippen LogP contribution in [0.15, 0.2) is 30.6 Å². The first-order valence-electron chi connectivity index (χ1n) is 6.25. The summed E-state index contributed by atoms with van der Waals surface area (Å²) < 4.78 is 5.70. The summed E-state index contributed by atoms with van der Waals surface area (Å²) in [7, 11) is 0. The van der Waals surface area contributed by atoms with Gasteiger partial charge < -0.3 is 15.0 Å². The molecular formula is C14H19N3O. The van der Waals surface area contributed by atoms with Crippen LogP contribution in [0.2, 0.25) is 0 Å². The summed E-state index contributed by atoms with van der Waals surface area (Å²) in [5, 5.41) is 3.36. The molecule has 2 N–H and O–H groups in total. The molecule has 18 heavy (non-hydrogen) atoms. The van der Waals surface area contributed by atoms with Crippen LogP contribution in [0, 0.1) is 6.92 Å². The van der Waals surface area contributed by atoms with Crippen molar-refractivity contribution in [2.24, 2.45) is 0 Å². The van der Waals surface area contributed by atoms with Crippen molar-refractivity contribution in [3.8, 4) is 5.75 Å². The van der Waals surface area contributed by atoms with E-state index in [4.69, 9.17) is 4.74 Å². The molecule has 0 unspecified atom stereocenters. The summed E-state index contributed by atoms with van der Waals surface area (Å²) in [6, 6.07) is 7.98. The molecule has 4 heteroatoms. The fraction of sp³-hybridized carbons (Fsp3) is 0.357. The summed E-state index contributed by atoms with van der Waals surface area (Å²) in [5.41, 5.74) is 3.13. The van der Waals surface area contributed by atoms with Gasteiger partial charge in [-0.15, -0.1) is 0 Å². The maximum Gasteiger partial charge on any atom is 0.142 e. The Balaban J connectivity index is 2.02. The van der Waals surface area contributed by atoms with Crippen molar-refractivity contribution in [2.45, 2.75) is 26.8 Å². The van der Waals surface area contributed by atoms with Gasteiger partial charge in [-0.25, -0.2) is 4.98 Å². The van der Waals surface area contributed by atoms with Crippen LogP contribution in [0.3, 0.4) is 0 Å². The lowest BCUT2D eigenvalue weighted by molar-refractivity contribution is 0.319. The van der Waals surface area contributed by atoms with Gasteiger partial charge in [-0.1, -0.05) is 19.1 Å². The predicted molar refractivity (Wildman–Crippen MR) is 72.9 cm³/mol. The highest BCUT2D eigenvalue weighted by Gasteiger charge is 2.04. The fourth-order valence-electron chi connectivity index (χ4n) is 1.69. The van der Waals surface area contributed by atoms with Gasteiger partial charge in [0.15, 0.2) is 0 Å². The molecule has 1 aromatic heterocycles. The molecule has 0 aliphatic rings. The summed E-state index contributed by atoms with van der Waals surface area (Å²) in [5.74, 6) is 0.896. The third-order valence-corrected chi connectivity index (χ3v) is 2.73. The summed E-state index contributed by atoms with van der Waals surface area (Å²) in [4.78, 5) is 7.34. The largest absolute Gasteiger partial charge is 0.491 e.